The molecule has 0 spiro atoms. The van der Waals surface area contributed by atoms with Crippen LogP contribution in [0.1, 0.15) is 13.3 Å². The van der Waals surface area contributed by atoms with Crippen LogP contribution in [0.2, 0.25) is 0 Å². The van der Waals surface area contributed by atoms with Gasteiger partial charge in [0.15, 0.2) is 0 Å². The normalized spacial score (nSPS) is 10.0. The lowest BCUT2D eigenvalue weighted by molar-refractivity contribution is 0.286. The minimum atomic E-state index is 0.548. The van der Waals surface area contributed by atoms with Gasteiger partial charge in [-0.3, -0.25) is 0 Å². The first kappa shape index (κ1) is 11.7. The summed E-state index contributed by atoms with van der Waals surface area (Å²) in [6, 6.07) is 1.70. The van der Waals surface area contributed by atoms with Crippen LogP contribution in [-0.2, 0) is 0 Å². The fraction of sp³-hybridized carbons (Fsp3) is 0.600. The Hall–Kier alpha value is -1.36. The van der Waals surface area contributed by atoms with E-state index < -0.39 is 0 Å². The minimum absolute atomic E-state index is 0.548. The van der Waals surface area contributed by atoms with Gasteiger partial charge in [0.05, 0.1) is 12.7 Å². The molecule has 0 fully saturated rings. The van der Waals surface area contributed by atoms with Gasteiger partial charge in [0.25, 0.3) is 0 Å². The van der Waals surface area contributed by atoms with Crippen LogP contribution in [-0.4, -0.2) is 36.8 Å². The molecule has 0 aliphatic carbocycles. The highest BCUT2D eigenvalue weighted by molar-refractivity contribution is 5.18. The first-order chi connectivity index (χ1) is 7.36. The molecule has 0 saturated heterocycles. The maximum atomic E-state index is 5.37. The quantitative estimate of drug-likeness (QED) is 0.678. The zero-order valence-electron chi connectivity index (χ0n) is 9.19. The Kier molecular flexibility index (Phi) is 5.47. The molecular formula is C10H17N3O2. The second kappa shape index (κ2) is 7.00. The van der Waals surface area contributed by atoms with Gasteiger partial charge in [-0.2, -0.15) is 0 Å². The van der Waals surface area contributed by atoms with Crippen molar-refractivity contribution in [2.45, 2.75) is 13.3 Å². The standard InChI is InChI=1S/C10H17N3O2/c1-3-5-14-9-7-10(13-8-12-9)15-6-4-11-2/h7-8,11H,3-6H2,1-2H3. The number of likely N-dealkylation sites (N-methyl/N-ethyl adjacent to an activating group) is 1. The van der Waals surface area contributed by atoms with E-state index in [0.29, 0.717) is 25.0 Å². The third-order valence-electron chi connectivity index (χ3n) is 1.67. The molecular weight excluding hydrogens is 194 g/mol. The molecule has 0 aliphatic rings. The van der Waals surface area contributed by atoms with Gasteiger partial charge in [-0.25, -0.2) is 9.97 Å². The van der Waals surface area contributed by atoms with Gasteiger partial charge in [-0.05, 0) is 13.5 Å². The maximum Gasteiger partial charge on any atom is 0.220 e. The molecule has 1 heterocycles. The second-order valence-corrected chi connectivity index (χ2v) is 2.99. The van der Waals surface area contributed by atoms with Gasteiger partial charge < -0.3 is 14.8 Å². The SMILES string of the molecule is CCCOc1cc(OCCNC)ncn1. The van der Waals surface area contributed by atoms with Crippen LogP contribution in [0.5, 0.6) is 11.8 Å². The van der Waals surface area contributed by atoms with Crippen molar-refractivity contribution in [3.63, 3.8) is 0 Å². The van der Waals surface area contributed by atoms with Crippen LogP contribution >= 0.6 is 0 Å². The van der Waals surface area contributed by atoms with E-state index in [2.05, 4.69) is 15.3 Å². The first-order valence-electron chi connectivity index (χ1n) is 5.09. The van der Waals surface area contributed by atoms with Crippen molar-refractivity contribution < 1.29 is 9.47 Å². The average Bonchev–Trinajstić information content (AvgIpc) is 2.27. The summed E-state index contributed by atoms with van der Waals surface area (Å²) in [4.78, 5) is 7.95. The molecule has 5 nitrogen and oxygen atoms in total. The zero-order valence-corrected chi connectivity index (χ0v) is 9.19. The molecule has 0 bridgehead atoms. The van der Waals surface area contributed by atoms with Crippen LogP contribution in [0.25, 0.3) is 0 Å². The van der Waals surface area contributed by atoms with E-state index in [0.717, 1.165) is 13.0 Å². The lowest BCUT2D eigenvalue weighted by atomic mass is 10.5. The molecule has 0 aromatic carbocycles. The highest BCUT2D eigenvalue weighted by Crippen LogP contribution is 2.12. The molecule has 1 aromatic heterocycles. The molecule has 0 amide bonds. The summed E-state index contributed by atoms with van der Waals surface area (Å²) in [5.41, 5.74) is 0. The van der Waals surface area contributed by atoms with Gasteiger partial charge in [0.1, 0.15) is 12.9 Å². The third-order valence-corrected chi connectivity index (χ3v) is 1.67. The van der Waals surface area contributed by atoms with E-state index in [9.17, 15) is 0 Å². The Morgan fingerprint density at radius 3 is 2.47 bits per heavy atom. The van der Waals surface area contributed by atoms with Crippen molar-refractivity contribution in [3.8, 4) is 11.8 Å². The summed E-state index contributed by atoms with van der Waals surface area (Å²) >= 11 is 0. The third kappa shape index (κ3) is 4.60. The fourth-order valence-corrected chi connectivity index (χ4v) is 0.945. The number of ether oxygens (including phenoxy) is 2. The van der Waals surface area contributed by atoms with Crippen molar-refractivity contribution in [2.24, 2.45) is 0 Å². The number of hydrogen-bond donors (Lipinski definition) is 1. The molecule has 15 heavy (non-hydrogen) atoms. The zero-order chi connectivity index (χ0) is 10.9. The summed E-state index contributed by atoms with van der Waals surface area (Å²) < 4.78 is 10.7. The topological polar surface area (TPSA) is 56.3 Å². The summed E-state index contributed by atoms with van der Waals surface area (Å²) in [6.07, 6.45) is 2.40. The van der Waals surface area contributed by atoms with Crippen LogP contribution in [0.3, 0.4) is 0 Å². The first-order valence-corrected chi connectivity index (χ1v) is 5.09. The molecule has 0 unspecified atom stereocenters. The largest absolute Gasteiger partial charge is 0.478 e. The number of aromatic nitrogens is 2. The van der Waals surface area contributed by atoms with Crippen molar-refractivity contribution in [3.05, 3.63) is 12.4 Å². The number of nitrogens with one attached hydrogen (secondary N) is 1. The summed E-state index contributed by atoms with van der Waals surface area (Å²) in [5, 5.41) is 2.99. The number of rotatable bonds is 7. The lowest BCUT2D eigenvalue weighted by Crippen LogP contribution is -2.16. The van der Waals surface area contributed by atoms with E-state index in [1.807, 2.05) is 14.0 Å². The highest BCUT2D eigenvalue weighted by Gasteiger charge is 1.99. The molecule has 1 N–H and O–H groups in total. The van der Waals surface area contributed by atoms with E-state index >= 15 is 0 Å². The Balaban J connectivity index is 2.42. The monoisotopic (exact) mass is 211 g/mol. The van der Waals surface area contributed by atoms with Gasteiger partial charge in [-0.1, -0.05) is 6.92 Å². The molecule has 84 valence electrons. The highest BCUT2D eigenvalue weighted by atomic mass is 16.5. The van der Waals surface area contributed by atoms with Crippen molar-refractivity contribution in [2.75, 3.05) is 26.8 Å². The Morgan fingerprint density at radius 1 is 1.20 bits per heavy atom. The predicted molar refractivity (Wildman–Crippen MR) is 57.2 cm³/mol. The maximum absolute atomic E-state index is 5.37. The van der Waals surface area contributed by atoms with Gasteiger partial charge in [0.2, 0.25) is 11.8 Å². The molecule has 0 radical (unpaired) electrons. The molecule has 1 aromatic rings. The molecule has 0 aliphatic heterocycles. The van der Waals surface area contributed by atoms with Crippen LogP contribution in [0, 0.1) is 0 Å². The van der Waals surface area contributed by atoms with Crippen molar-refractivity contribution in [1.82, 2.24) is 15.3 Å². The van der Waals surface area contributed by atoms with E-state index in [-0.39, 0.29) is 0 Å². The summed E-state index contributed by atoms with van der Waals surface area (Å²) in [7, 11) is 1.87. The minimum Gasteiger partial charge on any atom is -0.478 e. The fourth-order valence-electron chi connectivity index (χ4n) is 0.945. The van der Waals surface area contributed by atoms with E-state index in [1.54, 1.807) is 6.07 Å². The molecule has 0 saturated carbocycles. The van der Waals surface area contributed by atoms with Crippen LogP contribution in [0.15, 0.2) is 12.4 Å². The molecule has 0 atom stereocenters. The van der Waals surface area contributed by atoms with Crippen molar-refractivity contribution in [1.29, 1.82) is 0 Å². The number of nitrogens with zero attached hydrogens (tertiary/aromatic N) is 2. The lowest BCUT2D eigenvalue weighted by Gasteiger charge is -2.06. The van der Waals surface area contributed by atoms with E-state index in [1.165, 1.54) is 6.33 Å². The second-order valence-electron chi connectivity index (χ2n) is 2.99. The smallest absolute Gasteiger partial charge is 0.220 e. The summed E-state index contributed by atoms with van der Waals surface area (Å²) in [5.74, 6) is 1.11. The average molecular weight is 211 g/mol. The molecule has 5 heteroatoms. The number of hydrogen-bond acceptors (Lipinski definition) is 5. The Morgan fingerprint density at radius 2 is 1.87 bits per heavy atom. The van der Waals surface area contributed by atoms with Crippen LogP contribution < -0.4 is 14.8 Å². The van der Waals surface area contributed by atoms with Gasteiger partial charge in [-0.15, -0.1) is 0 Å². The predicted octanol–water partition coefficient (Wildman–Crippen LogP) is 0.864. The van der Waals surface area contributed by atoms with Crippen LogP contribution in [0.4, 0.5) is 0 Å². The van der Waals surface area contributed by atoms with Gasteiger partial charge >= 0.3 is 0 Å². The Bertz CT molecular complexity index is 281. The van der Waals surface area contributed by atoms with Crippen molar-refractivity contribution >= 4 is 0 Å². The summed E-state index contributed by atoms with van der Waals surface area (Å²) in [6.45, 7) is 4.08. The Labute approximate surface area is 89.8 Å². The molecule has 1 rings (SSSR count). The van der Waals surface area contributed by atoms with E-state index in [4.69, 9.17) is 9.47 Å². The van der Waals surface area contributed by atoms with Gasteiger partial charge in [0, 0.05) is 6.54 Å².